The molecular weight excluding hydrogens is 213 g/mol. The first-order valence-electron chi connectivity index (χ1n) is 4.87. The first-order valence-corrected chi connectivity index (χ1v) is 4.87. The van der Waals surface area contributed by atoms with Gasteiger partial charge in [-0.1, -0.05) is 0 Å². The van der Waals surface area contributed by atoms with Gasteiger partial charge < -0.3 is 19.9 Å². The summed E-state index contributed by atoms with van der Waals surface area (Å²) < 4.78 is 28.7. The number of anilines is 1. The highest BCUT2D eigenvalue weighted by molar-refractivity contribution is 5.56. The van der Waals surface area contributed by atoms with Gasteiger partial charge in [0, 0.05) is 19.2 Å². The third kappa shape index (κ3) is 3.00. The summed E-state index contributed by atoms with van der Waals surface area (Å²) in [6, 6.07) is 2.60. The number of hydrogen-bond acceptors (Lipinski definition) is 4. The maximum atomic E-state index is 13.5. The van der Waals surface area contributed by atoms with Gasteiger partial charge in [-0.05, 0) is 6.92 Å². The zero-order valence-corrected chi connectivity index (χ0v) is 9.62. The minimum Gasteiger partial charge on any atom is -0.494 e. The van der Waals surface area contributed by atoms with Crippen LogP contribution in [0.25, 0.3) is 0 Å². The molecule has 0 radical (unpaired) electrons. The van der Waals surface area contributed by atoms with Gasteiger partial charge in [0.2, 0.25) is 0 Å². The molecule has 1 rings (SSSR count). The van der Waals surface area contributed by atoms with Gasteiger partial charge in [-0.25, -0.2) is 4.39 Å². The lowest BCUT2D eigenvalue weighted by atomic mass is 10.2. The highest BCUT2D eigenvalue weighted by atomic mass is 19.1. The fourth-order valence-corrected chi connectivity index (χ4v) is 1.30. The number of ether oxygens (including phenoxy) is 3. The average Bonchev–Trinajstić information content (AvgIpc) is 2.22. The van der Waals surface area contributed by atoms with Crippen molar-refractivity contribution < 1.29 is 18.6 Å². The van der Waals surface area contributed by atoms with Crippen molar-refractivity contribution in [3.8, 4) is 11.5 Å². The number of benzene rings is 1. The summed E-state index contributed by atoms with van der Waals surface area (Å²) in [5.41, 5.74) is 5.79. The van der Waals surface area contributed by atoms with Crippen LogP contribution >= 0.6 is 0 Å². The number of halogens is 1. The summed E-state index contributed by atoms with van der Waals surface area (Å²) in [5, 5.41) is 0. The Kier molecular flexibility index (Phi) is 4.37. The van der Waals surface area contributed by atoms with E-state index in [9.17, 15) is 4.39 Å². The van der Waals surface area contributed by atoms with Crippen molar-refractivity contribution in [3.63, 3.8) is 0 Å². The fraction of sp³-hybridized carbons (Fsp3) is 0.455. The molecule has 1 aromatic rings. The topological polar surface area (TPSA) is 53.7 Å². The van der Waals surface area contributed by atoms with Crippen LogP contribution in [-0.2, 0) is 4.74 Å². The van der Waals surface area contributed by atoms with Gasteiger partial charge in [0.25, 0.3) is 0 Å². The molecule has 0 aliphatic carbocycles. The largest absolute Gasteiger partial charge is 0.494 e. The lowest BCUT2D eigenvalue weighted by Gasteiger charge is -2.15. The second-order valence-electron chi connectivity index (χ2n) is 3.41. The summed E-state index contributed by atoms with van der Waals surface area (Å²) in [7, 11) is 3.02. The Morgan fingerprint density at radius 2 is 2.00 bits per heavy atom. The van der Waals surface area contributed by atoms with E-state index >= 15 is 0 Å². The second kappa shape index (κ2) is 5.55. The van der Waals surface area contributed by atoms with Crippen molar-refractivity contribution in [2.45, 2.75) is 13.0 Å². The number of hydrogen-bond donors (Lipinski definition) is 1. The average molecular weight is 229 g/mol. The molecule has 0 saturated carbocycles. The van der Waals surface area contributed by atoms with Crippen LogP contribution in [0.4, 0.5) is 10.1 Å². The van der Waals surface area contributed by atoms with Crippen molar-refractivity contribution in [1.82, 2.24) is 0 Å². The summed E-state index contributed by atoms with van der Waals surface area (Å²) >= 11 is 0. The molecule has 2 N–H and O–H groups in total. The molecule has 0 aromatic heterocycles. The molecular formula is C11H16FNO3. The number of methoxy groups -OCH3 is 2. The van der Waals surface area contributed by atoms with Crippen molar-refractivity contribution in [2.24, 2.45) is 0 Å². The van der Waals surface area contributed by atoms with Gasteiger partial charge in [-0.2, -0.15) is 0 Å². The standard InChI is InChI=1S/C11H16FNO3/c1-7(6-14-2)16-10-5-11(15-3)9(13)4-8(10)12/h4-5,7H,6,13H2,1-3H3. The van der Waals surface area contributed by atoms with E-state index in [0.717, 1.165) is 0 Å². The summed E-state index contributed by atoms with van der Waals surface area (Å²) in [6.07, 6.45) is -0.243. The Hall–Kier alpha value is -1.49. The predicted octanol–water partition coefficient (Wildman–Crippen LogP) is 1.83. The number of nitrogens with two attached hydrogens (primary N) is 1. The number of rotatable bonds is 5. The van der Waals surface area contributed by atoms with Gasteiger partial charge in [0.15, 0.2) is 11.6 Å². The highest BCUT2D eigenvalue weighted by Crippen LogP contribution is 2.30. The molecule has 1 aromatic carbocycles. The minimum atomic E-state index is -0.513. The van der Waals surface area contributed by atoms with Gasteiger partial charge in [0.05, 0.1) is 19.4 Å². The Bertz CT molecular complexity index is 357. The van der Waals surface area contributed by atoms with Crippen LogP contribution in [0.2, 0.25) is 0 Å². The van der Waals surface area contributed by atoms with Crippen molar-refractivity contribution >= 4 is 5.69 Å². The van der Waals surface area contributed by atoms with Crippen LogP contribution < -0.4 is 15.2 Å². The second-order valence-corrected chi connectivity index (χ2v) is 3.41. The van der Waals surface area contributed by atoms with E-state index in [0.29, 0.717) is 12.4 Å². The lowest BCUT2D eigenvalue weighted by molar-refractivity contribution is 0.0891. The normalized spacial score (nSPS) is 12.2. The quantitative estimate of drug-likeness (QED) is 0.782. The van der Waals surface area contributed by atoms with Crippen molar-refractivity contribution in [3.05, 3.63) is 17.9 Å². The molecule has 1 unspecified atom stereocenters. The Morgan fingerprint density at radius 1 is 1.31 bits per heavy atom. The first-order chi connectivity index (χ1) is 7.58. The molecule has 4 nitrogen and oxygen atoms in total. The van der Waals surface area contributed by atoms with Crippen LogP contribution in [0, 0.1) is 5.82 Å². The molecule has 5 heteroatoms. The SMILES string of the molecule is COCC(C)Oc1cc(OC)c(N)cc1F. The molecule has 0 bridgehead atoms. The third-order valence-corrected chi connectivity index (χ3v) is 2.01. The molecule has 1 atom stereocenters. The maximum Gasteiger partial charge on any atom is 0.167 e. The molecule has 0 saturated heterocycles. The van der Waals surface area contributed by atoms with Gasteiger partial charge in [-0.3, -0.25) is 0 Å². The monoisotopic (exact) mass is 229 g/mol. The van der Waals surface area contributed by atoms with E-state index in [1.165, 1.54) is 19.2 Å². The Morgan fingerprint density at radius 3 is 2.56 bits per heavy atom. The Balaban J connectivity index is 2.87. The molecule has 16 heavy (non-hydrogen) atoms. The van der Waals surface area contributed by atoms with E-state index in [1.807, 2.05) is 0 Å². The molecule has 0 amide bonds. The maximum absolute atomic E-state index is 13.5. The smallest absolute Gasteiger partial charge is 0.167 e. The third-order valence-electron chi connectivity index (χ3n) is 2.01. The lowest BCUT2D eigenvalue weighted by Crippen LogP contribution is -2.18. The minimum absolute atomic E-state index is 0.107. The summed E-state index contributed by atoms with van der Waals surface area (Å²) in [6.45, 7) is 2.16. The summed E-state index contributed by atoms with van der Waals surface area (Å²) in [5.74, 6) is -0.0159. The zero-order valence-electron chi connectivity index (χ0n) is 9.62. The first kappa shape index (κ1) is 12.6. The molecule has 0 spiro atoms. The Labute approximate surface area is 94.1 Å². The van der Waals surface area contributed by atoms with E-state index in [-0.39, 0.29) is 17.5 Å². The molecule has 0 fully saturated rings. The molecule has 0 heterocycles. The van der Waals surface area contributed by atoms with E-state index in [1.54, 1.807) is 14.0 Å². The predicted molar refractivity (Wildman–Crippen MR) is 59.3 cm³/mol. The fourth-order valence-electron chi connectivity index (χ4n) is 1.30. The van der Waals surface area contributed by atoms with Crippen LogP contribution in [-0.4, -0.2) is 26.9 Å². The molecule has 0 aliphatic rings. The van der Waals surface area contributed by atoms with Gasteiger partial charge >= 0.3 is 0 Å². The summed E-state index contributed by atoms with van der Waals surface area (Å²) in [4.78, 5) is 0. The van der Waals surface area contributed by atoms with E-state index in [4.69, 9.17) is 19.9 Å². The van der Waals surface area contributed by atoms with E-state index < -0.39 is 5.82 Å². The van der Waals surface area contributed by atoms with Crippen LogP contribution in [0.1, 0.15) is 6.92 Å². The van der Waals surface area contributed by atoms with Crippen LogP contribution in [0.3, 0.4) is 0 Å². The van der Waals surface area contributed by atoms with Crippen LogP contribution in [0.15, 0.2) is 12.1 Å². The van der Waals surface area contributed by atoms with Gasteiger partial charge in [0.1, 0.15) is 11.9 Å². The number of nitrogen functional groups attached to an aromatic ring is 1. The van der Waals surface area contributed by atoms with E-state index in [2.05, 4.69) is 0 Å². The molecule has 90 valence electrons. The van der Waals surface area contributed by atoms with Crippen molar-refractivity contribution in [1.29, 1.82) is 0 Å². The van der Waals surface area contributed by atoms with Crippen molar-refractivity contribution in [2.75, 3.05) is 26.6 Å². The molecule has 0 aliphatic heterocycles. The van der Waals surface area contributed by atoms with Gasteiger partial charge in [-0.15, -0.1) is 0 Å². The van der Waals surface area contributed by atoms with Crippen LogP contribution in [0.5, 0.6) is 11.5 Å². The zero-order chi connectivity index (χ0) is 12.1. The highest BCUT2D eigenvalue weighted by Gasteiger charge is 2.12.